The summed E-state index contributed by atoms with van der Waals surface area (Å²) in [6.07, 6.45) is 0. The second-order valence-electron chi connectivity index (χ2n) is 6.17. The predicted molar refractivity (Wildman–Crippen MR) is 103 cm³/mol. The summed E-state index contributed by atoms with van der Waals surface area (Å²) in [7, 11) is 0. The molecule has 124 valence electrons. The SMILES string of the molecule is C[C@@H](c1ccccc1)N1C(=O)c2ccccc2C1Sc1ccccc1. The average molecular weight is 345 g/mol. The van der Waals surface area contributed by atoms with E-state index in [0.717, 1.165) is 16.7 Å². The van der Waals surface area contributed by atoms with Crippen LogP contribution >= 0.6 is 11.8 Å². The Balaban J connectivity index is 1.75. The molecule has 25 heavy (non-hydrogen) atoms. The number of benzene rings is 3. The fourth-order valence-electron chi connectivity index (χ4n) is 3.32. The molecule has 0 bridgehead atoms. The van der Waals surface area contributed by atoms with Crippen LogP contribution in [0.25, 0.3) is 0 Å². The highest BCUT2D eigenvalue weighted by Crippen LogP contribution is 2.48. The largest absolute Gasteiger partial charge is 0.315 e. The Morgan fingerprint density at radius 2 is 1.44 bits per heavy atom. The summed E-state index contributed by atoms with van der Waals surface area (Å²) < 4.78 is 0. The number of hydrogen-bond acceptors (Lipinski definition) is 2. The lowest BCUT2D eigenvalue weighted by molar-refractivity contribution is 0.0709. The third-order valence-electron chi connectivity index (χ3n) is 4.63. The fraction of sp³-hybridized carbons (Fsp3) is 0.136. The zero-order valence-corrected chi connectivity index (χ0v) is 14.8. The zero-order valence-electron chi connectivity index (χ0n) is 14.0. The van der Waals surface area contributed by atoms with Crippen molar-refractivity contribution in [2.45, 2.75) is 23.2 Å². The molecule has 2 nitrogen and oxygen atoms in total. The summed E-state index contributed by atoms with van der Waals surface area (Å²) >= 11 is 1.73. The van der Waals surface area contributed by atoms with Crippen LogP contribution in [0, 0.1) is 0 Å². The molecular weight excluding hydrogens is 326 g/mol. The van der Waals surface area contributed by atoms with Crippen molar-refractivity contribution in [1.29, 1.82) is 0 Å². The van der Waals surface area contributed by atoms with Gasteiger partial charge in [0, 0.05) is 10.5 Å². The van der Waals surface area contributed by atoms with Crippen LogP contribution in [0.15, 0.2) is 89.8 Å². The summed E-state index contributed by atoms with van der Waals surface area (Å²) in [5.41, 5.74) is 3.07. The molecule has 1 heterocycles. The molecule has 0 spiro atoms. The third-order valence-corrected chi connectivity index (χ3v) is 5.88. The van der Waals surface area contributed by atoms with Crippen molar-refractivity contribution in [2.75, 3.05) is 0 Å². The minimum atomic E-state index is -0.0127. The van der Waals surface area contributed by atoms with Crippen molar-refractivity contribution in [1.82, 2.24) is 4.90 Å². The van der Waals surface area contributed by atoms with E-state index in [1.807, 2.05) is 59.5 Å². The predicted octanol–water partition coefficient (Wildman–Crippen LogP) is 5.69. The average Bonchev–Trinajstić information content (AvgIpc) is 2.95. The first-order valence-corrected chi connectivity index (χ1v) is 9.32. The van der Waals surface area contributed by atoms with Gasteiger partial charge >= 0.3 is 0 Å². The van der Waals surface area contributed by atoms with E-state index in [1.54, 1.807) is 11.8 Å². The van der Waals surface area contributed by atoms with E-state index in [4.69, 9.17) is 0 Å². The summed E-state index contributed by atoms with van der Waals surface area (Å²) in [5.74, 6) is 0.111. The van der Waals surface area contributed by atoms with Gasteiger partial charge in [-0.3, -0.25) is 4.79 Å². The smallest absolute Gasteiger partial charge is 0.255 e. The molecule has 0 aromatic heterocycles. The van der Waals surface area contributed by atoms with Crippen molar-refractivity contribution >= 4 is 17.7 Å². The number of carbonyl (C=O) groups excluding carboxylic acids is 1. The van der Waals surface area contributed by atoms with E-state index in [1.165, 1.54) is 4.90 Å². The molecule has 4 rings (SSSR count). The maximum atomic E-state index is 13.1. The molecule has 1 amide bonds. The topological polar surface area (TPSA) is 20.3 Å². The van der Waals surface area contributed by atoms with Gasteiger partial charge in [0.25, 0.3) is 5.91 Å². The maximum Gasteiger partial charge on any atom is 0.255 e. The lowest BCUT2D eigenvalue weighted by Gasteiger charge is -2.31. The Bertz CT molecular complexity index is 879. The molecule has 2 atom stereocenters. The Morgan fingerprint density at radius 1 is 0.840 bits per heavy atom. The van der Waals surface area contributed by atoms with E-state index in [-0.39, 0.29) is 17.3 Å². The second-order valence-corrected chi connectivity index (χ2v) is 7.32. The highest BCUT2D eigenvalue weighted by Gasteiger charge is 2.40. The first-order valence-electron chi connectivity index (χ1n) is 8.44. The summed E-state index contributed by atoms with van der Waals surface area (Å²) in [6, 6.07) is 28.5. The first kappa shape index (κ1) is 16.0. The maximum absolute atomic E-state index is 13.1. The van der Waals surface area contributed by atoms with E-state index < -0.39 is 0 Å². The number of fused-ring (bicyclic) bond motifs is 1. The van der Waals surface area contributed by atoms with Crippen molar-refractivity contribution < 1.29 is 4.79 Å². The molecule has 0 aliphatic carbocycles. The van der Waals surface area contributed by atoms with Crippen LogP contribution in [0.1, 0.15) is 39.8 Å². The molecule has 3 heteroatoms. The highest BCUT2D eigenvalue weighted by atomic mass is 32.2. The van der Waals surface area contributed by atoms with E-state index in [9.17, 15) is 4.79 Å². The Kier molecular flexibility index (Phi) is 4.33. The molecule has 0 saturated carbocycles. The van der Waals surface area contributed by atoms with Crippen LogP contribution in [-0.2, 0) is 0 Å². The molecule has 0 N–H and O–H groups in total. The Morgan fingerprint density at radius 3 is 2.16 bits per heavy atom. The van der Waals surface area contributed by atoms with E-state index in [2.05, 4.69) is 37.3 Å². The summed E-state index contributed by atoms with van der Waals surface area (Å²) in [6.45, 7) is 2.11. The van der Waals surface area contributed by atoms with Gasteiger partial charge in [0.15, 0.2) is 0 Å². The number of nitrogens with zero attached hydrogens (tertiary/aromatic N) is 1. The molecule has 1 aliphatic rings. The fourth-order valence-corrected chi connectivity index (χ4v) is 4.62. The molecule has 0 fully saturated rings. The van der Waals surface area contributed by atoms with Crippen LogP contribution in [0.5, 0.6) is 0 Å². The Hall–Kier alpha value is -2.52. The standard InChI is InChI=1S/C22H19NOS/c1-16(17-10-4-2-5-11-17)23-21(24)19-14-8-9-15-20(19)22(23)25-18-12-6-3-7-13-18/h2-16,22H,1H3/t16-,22?/m0/s1. The quantitative estimate of drug-likeness (QED) is 0.605. The van der Waals surface area contributed by atoms with Gasteiger partial charge in [-0.25, -0.2) is 0 Å². The molecule has 1 unspecified atom stereocenters. The molecule has 0 saturated heterocycles. The number of hydrogen-bond donors (Lipinski definition) is 0. The number of rotatable bonds is 4. The molecular formula is C22H19NOS. The van der Waals surface area contributed by atoms with Gasteiger partial charge in [-0.15, -0.1) is 0 Å². The highest BCUT2D eigenvalue weighted by molar-refractivity contribution is 7.99. The number of thioether (sulfide) groups is 1. The summed E-state index contributed by atoms with van der Waals surface area (Å²) in [5, 5.41) is -0.0127. The van der Waals surface area contributed by atoms with Crippen LogP contribution in [0.2, 0.25) is 0 Å². The minimum absolute atomic E-state index is 0.0127. The molecule has 3 aromatic rings. The van der Waals surface area contributed by atoms with Crippen molar-refractivity contribution in [3.63, 3.8) is 0 Å². The van der Waals surface area contributed by atoms with Crippen LogP contribution in [0.3, 0.4) is 0 Å². The zero-order chi connectivity index (χ0) is 17.2. The van der Waals surface area contributed by atoms with Gasteiger partial charge in [-0.2, -0.15) is 0 Å². The molecule has 3 aromatic carbocycles. The van der Waals surface area contributed by atoms with E-state index >= 15 is 0 Å². The van der Waals surface area contributed by atoms with Gasteiger partial charge in [-0.05, 0) is 36.2 Å². The lowest BCUT2D eigenvalue weighted by Crippen LogP contribution is -2.29. The van der Waals surface area contributed by atoms with Gasteiger partial charge in [-0.1, -0.05) is 78.5 Å². The van der Waals surface area contributed by atoms with Crippen molar-refractivity contribution in [3.8, 4) is 0 Å². The minimum Gasteiger partial charge on any atom is -0.315 e. The van der Waals surface area contributed by atoms with E-state index in [0.29, 0.717) is 0 Å². The second kappa shape index (κ2) is 6.77. The van der Waals surface area contributed by atoms with Crippen LogP contribution in [0.4, 0.5) is 0 Å². The number of amides is 1. The van der Waals surface area contributed by atoms with Gasteiger partial charge in [0.2, 0.25) is 0 Å². The Labute approximate surface area is 152 Å². The number of carbonyl (C=O) groups is 1. The normalized spacial score (nSPS) is 17.4. The summed E-state index contributed by atoms with van der Waals surface area (Å²) in [4.78, 5) is 16.3. The van der Waals surface area contributed by atoms with Crippen molar-refractivity contribution in [2.24, 2.45) is 0 Å². The van der Waals surface area contributed by atoms with Crippen molar-refractivity contribution in [3.05, 3.63) is 102 Å². The van der Waals surface area contributed by atoms with Gasteiger partial charge < -0.3 is 4.90 Å². The van der Waals surface area contributed by atoms with Crippen LogP contribution < -0.4 is 0 Å². The van der Waals surface area contributed by atoms with Gasteiger partial charge in [0.1, 0.15) is 5.37 Å². The monoisotopic (exact) mass is 345 g/mol. The molecule has 1 aliphatic heterocycles. The van der Waals surface area contributed by atoms with Crippen LogP contribution in [-0.4, -0.2) is 10.8 Å². The lowest BCUT2D eigenvalue weighted by atomic mass is 10.1. The third kappa shape index (κ3) is 2.96. The molecule has 0 radical (unpaired) electrons. The van der Waals surface area contributed by atoms with Gasteiger partial charge in [0.05, 0.1) is 6.04 Å². The first-order chi connectivity index (χ1) is 12.3.